The molecule has 1 aromatic rings. The minimum Gasteiger partial charge on any atom is -0.493 e. The SMILES string of the molecule is COc1ccc(C(=O)N[C@H]2CCC[C@H](C(F)(F)F)C2)cc1OC(F)F. The maximum atomic E-state index is 12.8. The lowest BCUT2D eigenvalue weighted by molar-refractivity contribution is -0.183. The van der Waals surface area contributed by atoms with Crippen molar-refractivity contribution in [2.45, 2.75) is 44.5 Å². The lowest BCUT2D eigenvalue weighted by atomic mass is 9.85. The van der Waals surface area contributed by atoms with Crippen LogP contribution in [0, 0.1) is 5.92 Å². The smallest absolute Gasteiger partial charge is 0.391 e. The van der Waals surface area contributed by atoms with Gasteiger partial charge < -0.3 is 14.8 Å². The van der Waals surface area contributed by atoms with Crippen molar-refractivity contribution in [1.82, 2.24) is 5.32 Å². The molecular weight excluding hydrogens is 349 g/mol. The Kier molecular flexibility index (Phi) is 6.07. The first kappa shape index (κ1) is 19.3. The van der Waals surface area contributed by atoms with Crippen LogP contribution in [0.5, 0.6) is 11.5 Å². The number of methoxy groups -OCH3 is 1. The van der Waals surface area contributed by atoms with Gasteiger partial charge in [0.15, 0.2) is 11.5 Å². The van der Waals surface area contributed by atoms with E-state index in [0.717, 1.165) is 6.07 Å². The monoisotopic (exact) mass is 367 g/mol. The number of alkyl halides is 5. The van der Waals surface area contributed by atoms with Crippen molar-refractivity contribution in [3.63, 3.8) is 0 Å². The van der Waals surface area contributed by atoms with E-state index in [9.17, 15) is 26.7 Å². The van der Waals surface area contributed by atoms with Crippen molar-refractivity contribution in [3.05, 3.63) is 23.8 Å². The second-order valence-electron chi connectivity index (χ2n) is 5.82. The average Bonchev–Trinajstić information content (AvgIpc) is 2.53. The van der Waals surface area contributed by atoms with Crippen LogP contribution >= 0.6 is 0 Å². The highest BCUT2D eigenvalue weighted by Crippen LogP contribution is 2.37. The number of carbonyl (C=O) groups excluding carboxylic acids is 1. The summed E-state index contributed by atoms with van der Waals surface area (Å²) in [6, 6.07) is 3.07. The molecule has 140 valence electrons. The minimum absolute atomic E-state index is 0.00517. The summed E-state index contributed by atoms with van der Waals surface area (Å²) in [6.45, 7) is -3.10. The fourth-order valence-electron chi connectivity index (χ4n) is 2.89. The molecule has 1 fully saturated rings. The molecule has 0 bridgehead atoms. The van der Waals surface area contributed by atoms with E-state index < -0.39 is 30.7 Å². The van der Waals surface area contributed by atoms with E-state index in [0.29, 0.717) is 12.8 Å². The molecule has 0 unspecified atom stereocenters. The molecule has 2 rings (SSSR count). The fourth-order valence-corrected chi connectivity index (χ4v) is 2.89. The van der Waals surface area contributed by atoms with Gasteiger partial charge in [-0.1, -0.05) is 6.42 Å². The number of nitrogens with one attached hydrogen (secondary N) is 1. The Bertz CT molecular complexity index is 606. The van der Waals surface area contributed by atoms with Gasteiger partial charge in [-0.2, -0.15) is 22.0 Å². The lowest BCUT2D eigenvalue weighted by Gasteiger charge is -2.31. The molecular formula is C16H18F5NO3. The molecule has 4 nitrogen and oxygen atoms in total. The van der Waals surface area contributed by atoms with Crippen LogP contribution in [0.15, 0.2) is 18.2 Å². The maximum absolute atomic E-state index is 12.8. The average molecular weight is 367 g/mol. The largest absolute Gasteiger partial charge is 0.493 e. The van der Waals surface area contributed by atoms with E-state index >= 15 is 0 Å². The van der Waals surface area contributed by atoms with Crippen LogP contribution in [-0.4, -0.2) is 31.8 Å². The number of hydrogen-bond donors (Lipinski definition) is 1. The third kappa shape index (κ3) is 5.20. The first-order valence-electron chi connectivity index (χ1n) is 7.71. The summed E-state index contributed by atoms with van der Waals surface area (Å²) in [7, 11) is 1.26. The topological polar surface area (TPSA) is 47.6 Å². The van der Waals surface area contributed by atoms with Crippen molar-refractivity contribution >= 4 is 5.91 Å². The predicted octanol–water partition coefficient (Wildman–Crippen LogP) is 4.15. The molecule has 1 aliphatic rings. The Hall–Kier alpha value is -2.06. The Morgan fingerprint density at radius 3 is 2.56 bits per heavy atom. The van der Waals surface area contributed by atoms with Crippen LogP contribution in [0.3, 0.4) is 0 Å². The highest BCUT2D eigenvalue weighted by atomic mass is 19.4. The first-order valence-corrected chi connectivity index (χ1v) is 7.71. The van der Waals surface area contributed by atoms with Crippen LogP contribution in [0.4, 0.5) is 22.0 Å². The number of ether oxygens (including phenoxy) is 2. The summed E-state index contributed by atoms with van der Waals surface area (Å²) >= 11 is 0. The lowest BCUT2D eigenvalue weighted by Crippen LogP contribution is -2.41. The van der Waals surface area contributed by atoms with Crippen molar-refractivity contribution in [1.29, 1.82) is 0 Å². The molecule has 0 aromatic heterocycles. The van der Waals surface area contributed by atoms with Gasteiger partial charge in [0.1, 0.15) is 0 Å². The third-order valence-electron chi connectivity index (χ3n) is 4.11. The zero-order chi connectivity index (χ0) is 18.6. The van der Waals surface area contributed by atoms with Gasteiger partial charge in [-0.05, 0) is 37.5 Å². The molecule has 1 amide bonds. The van der Waals surface area contributed by atoms with E-state index in [2.05, 4.69) is 10.1 Å². The summed E-state index contributed by atoms with van der Waals surface area (Å²) in [5.74, 6) is -2.39. The summed E-state index contributed by atoms with van der Waals surface area (Å²) in [4.78, 5) is 12.2. The Balaban J connectivity index is 2.07. The number of carbonyl (C=O) groups is 1. The first-order chi connectivity index (χ1) is 11.7. The standard InChI is InChI=1S/C16H18F5NO3/c1-24-12-6-5-9(7-13(12)25-15(17)18)14(23)22-11-4-2-3-10(8-11)16(19,20)21/h5-7,10-11,15H,2-4,8H2,1H3,(H,22,23)/t10-,11-/m0/s1. The number of halogens is 5. The normalized spacial score (nSPS) is 21.1. The van der Waals surface area contributed by atoms with Crippen LogP contribution in [0.25, 0.3) is 0 Å². The summed E-state index contributed by atoms with van der Waals surface area (Å²) < 4.78 is 72.4. The van der Waals surface area contributed by atoms with Gasteiger partial charge in [-0.3, -0.25) is 4.79 Å². The molecule has 0 heterocycles. The van der Waals surface area contributed by atoms with Crippen LogP contribution in [0.2, 0.25) is 0 Å². The molecule has 1 aliphatic carbocycles. The Labute approximate surface area is 141 Å². The summed E-state index contributed by atoms with van der Waals surface area (Å²) in [5.41, 5.74) is 0.00517. The van der Waals surface area contributed by atoms with Crippen LogP contribution < -0.4 is 14.8 Å². The Morgan fingerprint density at radius 2 is 1.96 bits per heavy atom. The third-order valence-corrected chi connectivity index (χ3v) is 4.11. The molecule has 9 heteroatoms. The van der Waals surface area contributed by atoms with Crippen molar-refractivity contribution in [2.75, 3.05) is 7.11 Å². The molecule has 0 aliphatic heterocycles. The van der Waals surface area contributed by atoms with E-state index in [1.54, 1.807) is 0 Å². The van der Waals surface area contributed by atoms with Gasteiger partial charge in [0.2, 0.25) is 0 Å². The zero-order valence-electron chi connectivity index (χ0n) is 13.4. The van der Waals surface area contributed by atoms with E-state index in [4.69, 9.17) is 4.74 Å². The molecule has 2 atom stereocenters. The van der Waals surface area contributed by atoms with E-state index in [1.165, 1.54) is 19.2 Å². The summed E-state index contributed by atoms with van der Waals surface area (Å²) in [5, 5.41) is 2.53. The minimum atomic E-state index is -4.29. The fraction of sp³-hybridized carbons (Fsp3) is 0.562. The van der Waals surface area contributed by atoms with Gasteiger partial charge in [0, 0.05) is 11.6 Å². The molecule has 0 spiro atoms. The van der Waals surface area contributed by atoms with Gasteiger partial charge in [0.25, 0.3) is 5.91 Å². The number of rotatable bonds is 5. The second-order valence-corrected chi connectivity index (χ2v) is 5.82. The quantitative estimate of drug-likeness (QED) is 0.796. The highest BCUT2D eigenvalue weighted by molar-refractivity contribution is 5.95. The van der Waals surface area contributed by atoms with Crippen molar-refractivity contribution in [2.24, 2.45) is 5.92 Å². The van der Waals surface area contributed by atoms with Crippen molar-refractivity contribution < 1.29 is 36.2 Å². The van der Waals surface area contributed by atoms with Gasteiger partial charge in [-0.25, -0.2) is 0 Å². The van der Waals surface area contributed by atoms with Crippen LogP contribution in [-0.2, 0) is 0 Å². The van der Waals surface area contributed by atoms with E-state index in [1.807, 2.05) is 0 Å². The summed E-state index contributed by atoms with van der Waals surface area (Å²) in [6.07, 6.45) is -3.63. The molecule has 0 saturated heterocycles. The van der Waals surface area contributed by atoms with Gasteiger partial charge >= 0.3 is 12.8 Å². The molecule has 0 radical (unpaired) electrons. The highest BCUT2D eigenvalue weighted by Gasteiger charge is 2.42. The molecule has 1 aromatic carbocycles. The number of benzene rings is 1. The van der Waals surface area contributed by atoms with Gasteiger partial charge in [-0.15, -0.1) is 0 Å². The molecule has 1 N–H and O–H groups in total. The van der Waals surface area contributed by atoms with Crippen molar-refractivity contribution in [3.8, 4) is 11.5 Å². The van der Waals surface area contributed by atoms with Crippen LogP contribution in [0.1, 0.15) is 36.0 Å². The zero-order valence-corrected chi connectivity index (χ0v) is 13.4. The Morgan fingerprint density at radius 1 is 1.24 bits per heavy atom. The number of hydrogen-bond acceptors (Lipinski definition) is 3. The maximum Gasteiger partial charge on any atom is 0.391 e. The van der Waals surface area contributed by atoms with Gasteiger partial charge in [0.05, 0.1) is 13.0 Å². The molecule has 1 saturated carbocycles. The van der Waals surface area contributed by atoms with E-state index in [-0.39, 0.29) is 29.9 Å². The predicted molar refractivity (Wildman–Crippen MR) is 78.9 cm³/mol. The second kappa shape index (κ2) is 7.88. The number of amides is 1. The molecule has 25 heavy (non-hydrogen) atoms.